The molecule has 16 heavy (non-hydrogen) atoms. The molecule has 1 atom stereocenters. The number of ketones is 1. The van der Waals surface area contributed by atoms with E-state index in [2.05, 4.69) is 0 Å². The molecule has 0 saturated carbocycles. The molecule has 1 N–H and O–H groups in total. The predicted molar refractivity (Wildman–Crippen MR) is 52.1 cm³/mol. The van der Waals surface area contributed by atoms with Gasteiger partial charge in [0.05, 0.1) is 12.0 Å². The Labute approximate surface area is 90.7 Å². The summed E-state index contributed by atoms with van der Waals surface area (Å²) < 4.78 is 26.4. The molecule has 1 aromatic rings. The van der Waals surface area contributed by atoms with E-state index in [0.717, 1.165) is 18.2 Å². The Morgan fingerprint density at radius 3 is 2.25 bits per heavy atom. The van der Waals surface area contributed by atoms with Gasteiger partial charge < -0.3 is 5.11 Å². The number of hydrogen-bond donors (Lipinski definition) is 1. The Bertz CT molecular complexity index is 409. The standard InChI is InChI=1S/C11H10F2O3/c1-6(5-9(14)15)11(16)10-7(12)3-2-4-8(10)13/h2-4,6H,5H2,1H3,(H,14,15). The van der Waals surface area contributed by atoms with Gasteiger partial charge in [-0.1, -0.05) is 13.0 Å². The van der Waals surface area contributed by atoms with Crippen molar-refractivity contribution in [2.45, 2.75) is 13.3 Å². The summed E-state index contributed by atoms with van der Waals surface area (Å²) in [5.74, 6) is -4.91. The maximum absolute atomic E-state index is 13.2. The van der Waals surface area contributed by atoms with Gasteiger partial charge in [0.25, 0.3) is 0 Å². The number of Topliss-reactive ketones (excluding diaryl/α,β-unsaturated/α-hetero) is 1. The van der Waals surface area contributed by atoms with Crippen LogP contribution in [-0.4, -0.2) is 16.9 Å². The number of carboxylic acid groups (broad SMARTS) is 1. The van der Waals surface area contributed by atoms with Gasteiger partial charge >= 0.3 is 5.97 Å². The average Bonchev–Trinajstić information content (AvgIpc) is 2.16. The Balaban J connectivity index is 3.00. The quantitative estimate of drug-likeness (QED) is 0.804. The van der Waals surface area contributed by atoms with Crippen LogP contribution < -0.4 is 0 Å². The fourth-order valence-corrected chi connectivity index (χ4v) is 1.33. The molecule has 1 aromatic carbocycles. The molecular formula is C11H10F2O3. The summed E-state index contributed by atoms with van der Waals surface area (Å²) >= 11 is 0. The van der Waals surface area contributed by atoms with Crippen molar-refractivity contribution in [2.24, 2.45) is 5.92 Å². The maximum atomic E-state index is 13.2. The van der Waals surface area contributed by atoms with Gasteiger partial charge in [-0.3, -0.25) is 9.59 Å². The molecule has 0 aliphatic carbocycles. The first kappa shape index (κ1) is 12.3. The molecule has 0 saturated heterocycles. The van der Waals surface area contributed by atoms with Crippen molar-refractivity contribution in [3.63, 3.8) is 0 Å². The van der Waals surface area contributed by atoms with E-state index in [-0.39, 0.29) is 0 Å². The Morgan fingerprint density at radius 1 is 1.31 bits per heavy atom. The monoisotopic (exact) mass is 228 g/mol. The molecule has 1 unspecified atom stereocenters. The van der Waals surface area contributed by atoms with Crippen molar-refractivity contribution in [1.29, 1.82) is 0 Å². The van der Waals surface area contributed by atoms with Crippen LogP contribution in [0.25, 0.3) is 0 Å². The number of carboxylic acids is 1. The normalized spacial score (nSPS) is 12.2. The van der Waals surface area contributed by atoms with Crippen LogP contribution in [0.1, 0.15) is 23.7 Å². The summed E-state index contributed by atoms with van der Waals surface area (Å²) in [6.45, 7) is 1.32. The van der Waals surface area contributed by atoms with Gasteiger partial charge in [0.2, 0.25) is 0 Å². The van der Waals surface area contributed by atoms with E-state index in [4.69, 9.17) is 5.11 Å². The highest BCUT2D eigenvalue weighted by molar-refractivity contribution is 5.99. The number of carbonyl (C=O) groups is 2. The highest BCUT2D eigenvalue weighted by Gasteiger charge is 2.24. The van der Waals surface area contributed by atoms with Crippen molar-refractivity contribution in [3.8, 4) is 0 Å². The number of rotatable bonds is 4. The molecule has 0 radical (unpaired) electrons. The SMILES string of the molecule is CC(CC(=O)O)C(=O)c1c(F)cccc1F. The first-order valence-electron chi connectivity index (χ1n) is 4.63. The minimum absolute atomic E-state index is 0.452. The number of hydrogen-bond acceptors (Lipinski definition) is 2. The van der Waals surface area contributed by atoms with E-state index in [1.54, 1.807) is 0 Å². The predicted octanol–water partition coefficient (Wildman–Crippen LogP) is 2.26. The Hall–Kier alpha value is -1.78. The fourth-order valence-electron chi connectivity index (χ4n) is 1.33. The fraction of sp³-hybridized carbons (Fsp3) is 0.273. The van der Waals surface area contributed by atoms with Gasteiger partial charge in [-0.25, -0.2) is 8.78 Å². The van der Waals surface area contributed by atoms with Crippen LogP contribution >= 0.6 is 0 Å². The second-order valence-electron chi connectivity index (χ2n) is 3.46. The third-order valence-electron chi connectivity index (χ3n) is 2.14. The molecule has 3 nitrogen and oxygen atoms in total. The zero-order valence-corrected chi connectivity index (χ0v) is 8.54. The van der Waals surface area contributed by atoms with Crippen LogP contribution in [0.4, 0.5) is 8.78 Å². The average molecular weight is 228 g/mol. The summed E-state index contributed by atoms with van der Waals surface area (Å²) in [6, 6.07) is 3.07. The van der Waals surface area contributed by atoms with Crippen molar-refractivity contribution < 1.29 is 23.5 Å². The van der Waals surface area contributed by atoms with Crippen LogP contribution in [0, 0.1) is 17.6 Å². The first-order chi connectivity index (χ1) is 7.43. The zero-order chi connectivity index (χ0) is 12.3. The molecule has 5 heteroatoms. The Morgan fingerprint density at radius 2 is 1.81 bits per heavy atom. The zero-order valence-electron chi connectivity index (χ0n) is 8.54. The third-order valence-corrected chi connectivity index (χ3v) is 2.14. The minimum atomic E-state index is -1.18. The Kier molecular flexibility index (Phi) is 3.71. The molecule has 0 fully saturated rings. The second kappa shape index (κ2) is 4.83. The van der Waals surface area contributed by atoms with Crippen molar-refractivity contribution in [1.82, 2.24) is 0 Å². The van der Waals surface area contributed by atoms with Gasteiger partial charge in [-0.2, -0.15) is 0 Å². The summed E-state index contributed by atoms with van der Waals surface area (Å²) in [7, 11) is 0. The summed E-state index contributed by atoms with van der Waals surface area (Å²) in [5, 5.41) is 8.48. The lowest BCUT2D eigenvalue weighted by molar-refractivity contribution is -0.137. The third kappa shape index (κ3) is 2.62. The number of halogens is 2. The summed E-state index contributed by atoms with van der Waals surface area (Å²) in [4.78, 5) is 22.0. The van der Waals surface area contributed by atoms with E-state index in [1.165, 1.54) is 6.92 Å². The van der Waals surface area contributed by atoms with Gasteiger partial charge in [-0.15, -0.1) is 0 Å². The summed E-state index contributed by atoms with van der Waals surface area (Å²) in [5.41, 5.74) is -0.670. The van der Waals surface area contributed by atoms with E-state index >= 15 is 0 Å². The molecule has 0 amide bonds. The largest absolute Gasteiger partial charge is 0.481 e. The number of carbonyl (C=O) groups excluding carboxylic acids is 1. The smallest absolute Gasteiger partial charge is 0.304 e. The van der Waals surface area contributed by atoms with Crippen LogP contribution in [0.3, 0.4) is 0 Å². The van der Waals surface area contributed by atoms with E-state index in [0.29, 0.717) is 0 Å². The van der Waals surface area contributed by atoms with Gasteiger partial charge in [0, 0.05) is 5.92 Å². The van der Waals surface area contributed by atoms with Crippen molar-refractivity contribution >= 4 is 11.8 Å². The van der Waals surface area contributed by atoms with E-state index in [1.807, 2.05) is 0 Å². The molecule has 0 heterocycles. The van der Waals surface area contributed by atoms with Crippen LogP contribution in [0.15, 0.2) is 18.2 Å². The molecular weight excluding hydrogens is 218 g/mol. The van der Waals surface area contributed by atoms with E-state index in [9.17, 15) is 18.4 Å². The number of benzene rings is 1. The highest BCUT2D eigenvalue weighted by atomic mass is 19.1. The lowest BCUT2D eigenvalue weighted by Crippen LogP contribution is -2.18. The van der Waals surface area contributed by atoms with Gasteiger partial charge in [-0.05, 0) is 12.1 Å². The molecule has 0 bridgehead atoms. The van der Waals surface area contributed by atoms with Gasteiger partial charge in [0.15, 0.2) is 5.78 Å². The topological polar surface area (TPSA) is 54.4 Å². The van der Waals surface area contributed by atoms with E-state index < -0.39 is 41.3 Å². The highest BCUT2D eigenvalue weighted by Crippen LogP contribution is 2.18. The molecule has 0 aliphatic rings. The lowest BCUT2D eigenvalue weighted by Gasteiger charge is -2.09. The maximum Gasteiger partial charge on any atom is 0.304 e. The second-order valence-corrected chi connectivity index (χ2v) is 3.46. The molecule has 0 spiro atoms. The molecule has 1 rings (SSSR count). The van der Waals surface area contributed by atoms with Gasteiger partial charge in [0.1, 0.15) is 11.6 Å². The van der Waals surface area contributed by atoms with Crippen molar-refractivity contribution in [2.75, 3.05) is 0 Å². The lowest BCUT2D eigenvalue weighted by atomic mass is 9.96. The molecule has 0 aliphatic heterocycles. The van der Waals surface area contributed by atoms with Crippen LogP contribution in [-0.2, 0) is 4.79 Å². The molecule has 0 aromatic heterocycles. The first-order valence-corrected chi connectivity index (χ1v) is 4.63. The van der Waals surface area contributed by atoms with Crippen molar-refractivity contribution in [3.05, 3.63) is 35.4 Å². The minimum Gasteiger partial charge on any atom is -0.481 e. The molecule has 86 valence electrons. The summed E-state index contributed by atoms with van der Waals surface area (Å²) in [6.07, 6.45) is -0.452. The van der Waals surface area contributed by atoms with Crippen LogP contribution in [0.2, 0.25) is 0 Å². The number of aliphatic carboxylic acids is 1. The van der Waals surface area contributed by atoms with Crippen LogP contribution in [0.5, 0.6) is 0 Å².